The van der Waals surface area contributed by atoms with Crippen LogP contribution in [0.4, 0.5) is 0 Å². The van der Waals surface area contributed by atoms with E-state index in [1.54, 1.807) is 0 Å². The second kappa shape index (κ2) is 62.4. The van der Waals surface area contributed by atoms with E-state index in [0.717, 1.165) is 109 Å². The Morgan fingerprint density at radius 3 is 0.880 bits per heavy atom. The maximum Gasteiger partial charge on any atom is 0.306 e. The smallest absolute Gasteiger partial charge is 0.306 e. The van der Waals surface area contributed by atoms with Gasteiger partial charge < -0.3 is 14.2 Å². The SMILES string of the molecule is CC/C=C\C/C=C\C/C=C\C/C=C\C/C=C\C/C=C\CCC(=O)OC(COC(=O)CCCCCCC/C=C\CCCCCCCC)COC(=O)CCCCCCCCCC/C=C\C/C=C\C/C=C\CCCCCCC. The van der Waals surface area contributed by atoms with Crippen molar-refractivity contribution in [3.63, 3.8) is 0 Å². The molecule has 0 aromatic carbocycles. The molecule has 0 aromatic rings. The molecule has 6 heteroatoms. The highest BCUT2D eigenvalue weighted by Crippen LogP contribution is 2.14. The van der Waals surface area contributed by atoms with Crippen LogP contribution in [0, 0.1) is 0 Å². The molecule has 1 atom stereocenters. The number of unbranched alkanes of at least 4 members (excludes halogenated alkanes) is 24. The minimum absolute atomic E-state index is 0.117. The van der Waals surface area contributed by atoms with E-state index >= 15 is 0 Å². The van der Waals surface area contributed by atoms with E-state index in [2.05, 4.69) is 136 Å². The molecule has 1 unspecified atom stereocenters. The Morgan fingerprint density at radius 1 is 0.280 bits per heavy atom. The van der Waals surface area contributed by atoms with Crippen LogP contribution in [-0.2, 0) is 28.6 Å². The Labute approximate surface area is 462 Å². The average molecular weight is 1040 g/mol. The maximum atomic E-state index is 12.9. The van der Waals surface area contributed by atoms with Crippen molar-refractivity contribution in [2.45, 2.75) is 284 Å². The van der Waals surface area contributed by atoms with Gasteiger partial charge in [-0.3, -0.25) is 14.4 Å². The zero-order valence-electron chi connectivity index (χ0n) is 48.8. The van der Waals surface area contributed by atoms with Gasteiger partial charge in [-0.15, -0.1) is 0 Å². The van der Waals surface area contributed by atoms with Gasteiger partial charge in [-0.2, -0.15) is 0 Å². The zero-order valence-corrected chi connectivity index (χ0v) is 48.8. The summed E-state index contributed by atoms with van der Waals surface area (Å²) in [6.07, 6.45) is 86.3. The molecule has 75 heavy (non-hydrogen) atoms. The molecule has 0 amide bonds. The second-order valence-corrected chi connectivity index (χ2v) is 20.2. The number of hydrogen-bond acceptors (Lipinski definition) is 6. The second-order valence-electron chi connectivity index (χ2n) is 20.2. The van der Waals surface area contributed by atoms with Gasteiger partial charge in [-0.1, -0.05) is 258 Å². The zero-order chi connectivity index (χ0) is 54.3. The molecule has 0 aliphatic heterocycles. The number of esters is 3. The average Bonchev–Trinajstić information content (AvgIpc) is 3.41. The fraction of sp³-hybridized carbons (Fsp3) is 0.667. The van der Waals surface area contributed by atoms with Crippen molar-refractivity contribution < 1.29 is 28.6 Å². The van der Waals surface area contributed by atoms with Crippen molar-refractivity contribution in [1.82, 2.24) is 0 Å². The van der Waals surface area contributed by atoms with Crippen molar-refractivity contribution in [1.29, 1.82) is 0 Å². The summed E-state index contributed by atoms with van der Waals surface area (Å²) >= 11 is 0. The lowest BCUT2D eigenvalue weighted by molar-refractivity contribution is -0.166. The van der Waals surface area contributed by atoms with Gasteiger partial charge in [0, 0.05) is 19.3 Å². The molecule has 0 heterocycles. The van der Waals surface area contributed by atoms with Crippen molar-refractivity contribution in [2.24, 2.45) is 0 Å². The number of carbonyl (C=O) groups excluding carboxylic acids is 3. The summed E-state index contributed by atoms with van der Waals surface area (Å²) in [7, 11) is 0. The van der Waals surface area contributed by atoms with E-state index in [1.165, 1.54) is 122 Å². The van der Waals surface area contributed by atoms with E-state index in [0.29, 0.717) is 19.3 Å². The largest absolute Gasteiger partial charge is 0.462 e. The molecule has 426 valence electrons. The summed E-state index contributed by atoms with van der Waals surface area (Å²) < 4.78 is 16.8. The molecule has 6 nitrogen and oxygen atoms in total. The third-order valence-corrected chi connectivity index (χ3v) is 12.9. The van der Waals surface area contributed by atoms with Crippen molar-refractivity contribution in [3.8, 4) is 0 Å². The highest BCUT2D eigenvalue weighted by Gasteiger charge is 2.19. The molecule has 0 aliphatic rings. The predicted octanol–water partition coefficient (Wildman–Crippen LogP) is 21.2. The first-order valence-corrected chi connectivity index (χ1v) is 31.0. The normalized spacial score (nSPS) is 12.9. The van der Waals surface area contributed by atoms with Crippen LogP contribution >= 0.6 is 0 Å². The van der Waals surface area contributed by atoms with Gasteiger partial charge in [-0.05, 0) is 122 Å². The number of rotatable bonds is 55. The Morgan fingerprint density at radius 2 is 0.547 bits per heavy atom. The maximum absolute atomic E-state index is 12.9. The lowest BCUT2D eigenvalue weighted by Crippen LogP contribution is -2.30. The first-order chi connectivity index (χ1) is 37.0. The number of hydrogen-bond donors (Lipinski definition) is 0. The molecule has 0 saturated carbocycles. The van der Waals surface area contributed by atoms with E-state index < -0.39 is 12.1 Å². The van der Waals surface area contributed by atoms with Crippen LogP contribution in [0.5, 0.6) is 0 Å². The van der Waals surface area contributed by atoms with Crippen LogP contribution < -0.4 is 0 Å². The molecule has 0 aliphatic carbocycles. The van der Waals surface area contributed by atoms with Gasteiger partial charge in [0.05, 0.1) is 0 Å². The first kappa shape index (κ1) is 70.8. The summed E-state index contributed by atoms with van der Waals surface area (Å²) in [6.45, 7) is 6.44. The van der Waals surface area contributed by atoms with Crippen LogP contribution in [0.2, 0.25) is 0 Å². The molecule has 0 radical (unpaired) electrons. The Bertz CT molecular complexity index is 1570. The highest BCUT2D eigenvalue weighted by molar-refractivity contribution is 5.71. The van der Waals surface area contributed by atoms with Crippen molar-refractivity contribution in [3.05, 3.63) is 122 Å². The summed E-state index contributed by atoms with van der Waals surface area (Å²) in [5.41, 5.74) is 0. The van der Waals surface area contributed by atoms with Crippen LogP contribution in [-0.4, -0.2) is 37.2 Å². The van der Waals surface area contributed by atoms with Gasteiger partial charge in [0.25, 0.3) is 0 Å². The van der Waals surface area contributed by atoms with Gasteiger partial charge in [0.2, 0.25) is 0 Å². The monoisotopic (exact) mass is 1040 g/mol. The Hall–Kier alpha value is -4.19. The molecule has 0 fully saturated rings. The molecule has 0 saturated heterocycles. The third-order valence-electron chi connectivity index (χ3n) is 12.9. The van der Waals surface area contributed by atoms with Gasteiger partial charge in [0.1, 0.15) is 13.2 Å². The first-order valence-electron chi connectivity index (χ1n) is 31.0. The van der Waals surface area contributed by atoms with E-state index in [1.807, 2.05) is 6.08 Å². The van der Waals surface area contributed by atoms with Gasteiger partial charge >= 0.3 is 17.9 Å². The van der Waals surface area contributed by atoms with E-state index in [-0.39, 0.29) is 31.6 Å². The molecule has 0 spiro atoms. The molecule has 0 bridgehead atoms. The Kier molecular flexibility index (Phi) is 58.9. The van der Waals surface area contributed by atoms with Gasteiger partial charge in [0.15, 0.2) is 6.10 Å². The standard InChI is InChI=1S/C69H114O6/c1-4-7-10-13-16-19-22-25-28-30-32-33-34-35-37-38-41-44-47-50-53-56-59-62-68(71)74-65-66(64-73-67(70)61-58-55-52-49-46-43-40-27-24-21-18-15-12-9-6-3)75-69(72)63-60-57-54-51-48-45-42-39-36-31-29-26-23-20-17-14-11-8-5-2/h8,11,17,20,22,25-27,29-30,32,34-36,39-40,45,48,54,57,66H,4-7,9-10,12-16,18-19,21,23-24,28,31,33,37-38,41-44,46-47,49-53,55-56,58-65H2,1-3H3/b11-8-,20-17-,25-22-,29-26-,32-30-,35-34-,39-36-,40-27-,48-45-,57-54-. The topological polar surface area (TPSA) is 78.9 Å². The Balaban J connectivity index is 4.50. The fourth-order valence-electron chi connectivity index (χ4n) is 8.29. The van der Waals surface area contributed by atoms with E-state index in [4.69, 9.17) is 14.2 Å². The lowest BCUT2D eigenvalue weighted by atomic mass is 10.1. The summed E-state index contributed by atoms with van der Waals surface area (Å²) in [6, 6.07) is 0. The summed E-state index contributed by atoms with van der Waals surface area (Å²) in [5, 5.41) is 0. The van der Waals surface area contributed by atoms with Gasteiger partial charge in [-0.25, -0.2) is 0 Å². The predicted molar refractivity (Wildman–Crippen MR) is 325 cm³/mol. The lowest BCUT2D eigenvalue weighted by Gasteiger charge is -2.18. The fourth-order valence-corrected chi connectivity index (χ4v) is 8.29. The molecule has 0 aromatic heterocycles. The number of ether oxygens (including phenoxy) is 3. The molecule has 0 rings (SSSR count). The minimum atomic E-state index is -0.829. The molecular formula is C69H114O6. The van der Waals surface area contributed by atoms with Crippen molar-refractivity contribution >= 4 is 17.9 Å². The van der Waals surface area contributed by atoms with Crippen molar-refractivity contribution in [2.75, 3.05) is 13.2 Å². The molecule has 0 N–H and O–H groups in total. The van der Waals surface area contributed by atoms with Crippen LogP contribution in [0.3, 0.4) is 0 Å². The summed E-state index contributed by atoms with van der Waals surface area (Å²) in [4.78, 5) is 38.2. The quantitative estimate of drug-likeness (QED) is 0.0261. The number of carbonyl (C=O) groups is 3. The molecular weight excluding hydrogens is 925 g/mol. The van der Waals surface area contributed by atoms with Crippen LogP contribution in [0.25, 0.3) is 0 Å². The number of allylic oxidation sites excluding steroid dienone is 20. The van der Waals surface area contributed by atoms with Crippen LogP contribution in [0.1, 0.15) is 278 Å². The van der Waals surface area contributed by atoms with E-state index in [9.17, 15) is 14.4 Å². The highest BCUT2D eigenvalue weighted by atomic mass is 16.6. The minimum Gasteiger partial charge on any atom is -0.462 e. The third kappa shape index (κ3) is 60.6. The van der Waals surface area contributed by atoms with Crippen LogP contribution in [0.15, 0.2) is 122 Å². The summed E-state index contributed by atoms with van der Waals surface area (Å²) in [5.74, 6) is -1.01.